The summed E-state index contributed by atoms with van der Waals surface area (Å²) in [7, 11) is 0. The van der Waals surface area contributed by atoms with Gasteiger partial charge in [-0.15, -0.1) is 11.3 Å². The Balaban J connectivity index is 1.69. The molecule has 1 aliphatic carbocycles. The molecule has 84 valence electrons. The smallest absolute Gasteiger partial charge is 0.00871 e. The van der Waals surface area contributed by atoms with Crippen LogP contribution in [0, 0.1) is 12.8 Å². The van der Waals surface area contributed by atoms with Crippen molar-refractivity contribution >= 4 is 11.3 Å². The predicted octanol–water partition coefficient (Wildman–Crippen LogP) is 3.38. The van der Waals surface area contributed by atoms with Gasteiger partial charge in [-0.25, -0.2) is 0 Å². The van der Waals surface area contributed by atoms with E-state index >= 15 is 0 Å². The third-order valence-corrected chi connectivity index (χ3v) is 4.31. The van der Waals surface area contributed by atoms with E-state index in [2.05, 4.69) is 31.3 Å². The molecule has 15 heavy (non-hydrogen) atoms. The Morgan fingerprint density at radius 3 is 2.80 bits per heavy atom. The summed E-state index contributed by atoms with van der Waals surface area (Å²) in [5.74, 6) is 0.970. The van der Waals surface area contributed by atoms with Crippen molar-refractivity contribution in [3.05, 3.63) is 21.9 Å². The zero-order chi connectivity index (χ0) is 10.7. The summed E-state index contributed by atoms with van der Waals surface area (Å²) in [5.41, 5.74) is 0. The molecule has 1 aromatic rings. The second kappa shape index (κ2) is 5.13. The highest BCUT2D eigenvalue weighted by molar-refractivity contribution is 7.11. The fourth-order valence-electron chi connectivity index (χ4n) is 2.03. The Hall–Kier alpha value is -0.340. The van der Waals surface area contributed by atoms with Gasteiger partial charge in [-0.3, -0.25) is 0 Å². The van der Waals surface area contributed by atoms with Gasteiger partial charge in [-0.1, -0.05) is 6.42 Å². The molecule has 1 aliphatic rings. The van der Waals surface area contributed by atoms with Gasteiger partial charge >= 0.3 is 0 Å². The van der Waals surface area contributed by atoms with E-state index < -0.39 is 0 Å². The van der Waals surface area contributed by atoms with Crippen LogP contribution in [0.4, 0.5) is 0 Å². The molecule has 1 nitrogen and oxygen atoms in total. The molecule has 1 heterocycles. The van der Waals surface area contributed by atoms with Crippen molar-refractivity contribution in [2.75, 3.05) is 6.54 Å². The molecule has 0 aliphatic heterocycles. The average Bonchev–Trinajstić information content (AvgIpc) is 2.48. The number of thiophene rings is 1. The first-order valence-corrected chi connectivity index (χ1v) is 6.84. The number of hydrogen-bond donors (Lipinski definition) is 1. The molecule has 2 rings (SSSR count). The van der Waals surface area contributed by atoms with Gasteiger partial charge in [0.2, 0.25) is 0 Å². The van der Waals surface area contributed by atoms with Gasteiger partial charge in [0.05, 0.1) is 0 Å². The van der Waals surface area contributed by atoms with Gasteiger partial charge in [0.1, 0.15) is 0 Å². The van der Waals surface area contributed by atoms with Gasteiger partial charge < -0.3 is 5.32 Å². The lowest BCUT2D eigenvalue weighted by Gasteiger charge is -2.27. The van der Waals surface area contributed by atoms with Crippen molar-refractivity contribution in [2.24, 2.45) is 5.92 Å². The van der Waals surface area contributed by atoms with E-state index in [1.807, 2.05) is 11.3 Å². The third-order valence-electron chi connectivity index (χ3n) is 3.28. The van der Waals surface area contributed by atoms with Crippen molar-refractivity contribution in [2.45, 2.75) is 45.6 Å². The standard InChI is InChI=1S/C13H21NS/c1-10(14-9-12-4-3-5-12)8-13-7-6-11(2)15-13/h6-7,10,12,14H,3-5,8-9H2,1-2H3. The maximum atomic E-state index is 3.65. The molecule has 0 spiro atoms. The summed E-state index contributed by atoms with van der Waals surface area (Å²) in [4.78, 5) is 2.94. The Labute approximate surface area is 96.9 Å². The van der Waals surface area contributed by atoms with E-state index in [9.17, 15) is 0 Å². The molecule has 0 aromatic carbocycles. The lowest BCUT2D eigenvalue weighted by Crippen LogP contribution is -2.34. The van der Waals surface area contributed by atoms with Crippen LogP contribution in [0.15, 0.2) is 12.1 Å². The van der Waals surface area contributed by atoms with Crippen LogP contribution in [0.2, 0.25) is 0 Å². The van der Waals surface area contributed by atoms with Crippen LogP contribution in [-0.4, -0.2) is 12.6 Å². The molecule has 0 saturated heterocycles. The van der Waals surface area contributed by atoms with E-state index in [0.717, 1.165) is 5.92 Å². The summed E-state index contributed by atoms with van der Waals surface area (Å²) in [6, 6.07) is 5.11. The molecule has 1 unspecified atom stereocenters. The summed E-state index contributed by atoms with van der Waals surface area (Å²) in [5, 5.41) is 3.65. The molecule has 0 amide bonds. The van der Waals surface area contributed by atoms with E-state index in [1.165, 1.54) is 42.0 Å². The first-order chi connectivity index (χ1) is 7.24. The van der Waals surface area contributed by atoms with Crippen LogP contribution in [-0.2, 0) is 6.42 Å². The average molecular weight is 223 g/mol. The molecule has 2 heteroatoms. The number of rotatable bonds is 5. The van der Waals surface area contributed by atoms with Crippen LogP contribution in [0.3, 0.4) is 0 Å². The monoisotopic (exact) mass is 223 g/mol. The second-order valence-electron chi connectivity index (χ2n) is 4.82. The number of aryl methyl sites for hydroxylation is 1. The summed E-state index contributed by atoms with van der Waals surface area (Å²) in [6.45, 7) is 5.71. The Kier molecular flexibility index (Phi) is 3.81. The largest absolute Gasteiger partial charge is 0.314 e. The minimum Gasteiger partial charge on any atom is -0.314 e. The SMILES string of the molecule is Cc1ccc(CC(C)NCC2CCC2)s1. The van der Waals surface area contributed by atoms with Gasteiger partial charge in [-0.05, 0) is 57.7 Å². The lowest BCUT2D eigenvalue weighted by atomic mass is 9.85. The summed E-state index contributed by atoms with van der Waals surface area (Å²) < 4.78 is 0. The minimum absolute atomic E-state index is 0.628. The van der Waals surface area contributed by atoms with Gasteiger partial charge in [0.15, 0.2) is 0 Å². The van der Waals surface area contributed by atoms with Crippen LogP contribution in [0.5, 0.6) is 0 Å². The third kappa shape index (κ3) is 3.32. The van der Waals surface area contributed by atoms with Crippen molar-refractivity contribution in [3.8, 4) is 0 Å². The lowest BCUT2D eigenvalue weighted by molar-refractivity contribution is 0.291. The molecular weight excluding hydrogens is 202 g/mol. The van der Waals surface area contributed by atoms with Gasteiger partial charge in [-0.2, -0.15) is 0 Å². The number of nitrogens with one attached hydrogen (secondary N) is 1. The van der Waals surface area contributed by atoms with Crippen molar-refractivity contribution in [1.82, 2.24) is 5.32 Å². The second-order valence-corrected chi connectivity index (χ2v) is 6.20. The fourth-order valence-corrected chi connectivity index (χ4v) is 3.05. The number of hydrogen-bond acceptors (Lipinski definition) is 2. The Morgan fingerprint density at radius 2 is 2.27 bits per heavy atom. The minimum atomic E-state index is 0.628. The molecule has 1 N–H and O–H groups in total. The highest BCUT2D eigenvalue weighted by atomic mass is 32.1. The van der Waals surface area contributed by atoms with Crippen molar-refractivity contribution < 1.29 is 0 Å². The van der Waals surface area contributed by atoms with E-state index in [0.29, 0.717) is 6.04 Å². The van der Waals surface area contributed by atoms with Crippen LogP contribution in [0.1, 0.15) is 35.9 Å². The van der Waals surface area contributed by atoms with Crippen molar-refractivity contribution in [1.29, 1.82) is 0 Å². The maximum Gasteiger partial charge on any atom is 0.00871 e. The van der Waals surface area contributed by atoms with Gasteiger partial charge in [0.25, 0.3) is 0 Å². The molecule has 0 bridgehead atoms. The molecule has 1 fully saturated rings. The van der Waals surface area contributed by atoms with Crippen LogP contribution in [0.25, 0.3) is 0 Å². The van der Waals surface area contributed by atoms with Crippen molar-refractivity contribution in [3.63, 3.8) is 0 Å². The first-order valence-electron chi connectivity index (χ1n) is 6.03. The van der Waals surface area contributed by atoms with Gasteiger partial charge in [0, 0.05) is 15.8 Å². The molecular formula is C13H21NS. The Bertz CT molecular complexity index is 301. The quantitative estimate of drug-likeness (QED) is 0.807. The van der Waals surface area contributed by atoms with Crippen LogP contribution < -0.4 is 5.32 Å². The highest BCUT2D eigenvalue weighted by Gasteiger charge is 2.17. The normalized spacial score (nSPS) is 18.8. The molecule has 1 saturated carbocycles. The topological polar surface area (TPSA) is 12.0 Å². The molecule has 0 radical (unpaired) electrons. The van der Waals surface area contributed by atoms with E-state index in [1.54, 1.807) is 0 Å². The zero-order valence-electron chi connectivity index (χ0n) is 9.75. The summed E-state index contributed by atoms with van der Waals surface area (Å²) >= 11 is 1.93. The predicted molar refractivity (Wildman–Crippen MR) is 67.6 cm³/mol. The fraction of sp³-hybridized carbons (Fsp3) is 0.692. The maximum absolute atomic E-state index is 3.65. The van der Waals surface area contributed by atoms with Crippen LogP contribution >= 0.6 is 11.3 Å². The molecule has 1 atom stereocenters. The zero-order valence-corrected chi connectivity index (χ0v) is 10.6. The van der Waals surface area contributed by atoms with E-state index in [-0.39, 0.29) is 0 Å². The van der Waals surface area contributed by atoms with E-state index in [4.69, 9.17) is 0 Å². The molecule has 1 aromatic heterocycles. The summed E-state index contributed by atoms with van der Waals surface area (Å²) in [6.07, 6.45) is 5.52. The Morgan fingerprint density at radius 1 is 1.47 bits per heavy atom. The highest BCUT2D eigenvalue weighted by Crippen LogP contribution is 2.25. The first kappa shape index (κ1) is 11.2.